The summed E-state index contributed by atoms with van der Waals surface area (Å²) in [6.07, 6.45) is 0. The lowest BCUT2D eigenvalue weighted by Gasteiger charge is -2.33. The highest BCUT2D eigenvalue weighted by Gasteiger charge is 2.37. The molecule has 2 nitrogen and oxygen atoms in total. The van der Waals surface area contributed by atoms with Crippen LogP contribution in [-0.2, 0) is 0 Å². The van der Waals surface area contributed by atoms with Gasteiger partial charge in [-0.05, 0) is 38.9 Å². The predicted octanol–water partition coefficient (Wildman–Crippen LogP) is 2.51. The van der Waals surface area contributed by atoms with E-state index in [2.05, 4.69) is 51.4 Å². The Bertz CT molecular complexity index is 263. The number of hydrogen-bond acceptors (Lipinski definition) is 1. The Morgan fingerprint density at radius 3 is 2.14 bits per heavy atom. The van der Waals surface area contributed by atoms with Gasteiger partial charge in [0.1, 0.15) is 0 Å². The van der Waals surface area contributed by atoms with Gasteiger partial charge in [-0.1, -0.05) is 20.4 Å². The van der Waals surface area contributed by atoms with Crippen LogP contribution in [0.3, 0.4) is 0 Å². The zero-order valence-electron chi connectivity index (χ0n) is 9.72. The summed E-state index contributed by atoms with van der Waals surface area (Å²) < 4.78 is 0. The topological polar surface area (TPSA) is 15.3 Å². The normalized spacial score (nSPS) is 23.3. The number of thiocarbonyl (C=S) groups is 1. The molecule has 1 heterocycles. The molecular weight excluding hydrogens is 192 g/mol. The minimum absolute atomic E-state index is 0.0187. The number of rotatable bonds is 1. The van der Waals surface area contributed by atoms with Crippen LogP contribution in [-0.4, -0.2) is 21.6 Å². The fourth-order valence-electron chi connectivity index (χ4n) is 1.84. The Labute approximate surface area is 92.4 Å². The van der Waals surface area contributed by atoms with Gasteiger partial charge in [0.15, 0.2) is 5.11 Å². The first kappa shape index (κ1) is 11.5. The molecule has 1 rings (SSSR count). The molecule has 0 radical (unpaired) electrons. The Balaban J connectivity index is 2.92. The van der Waals surface area contributed by atoms with Crippen molar-refractivity contribution < 1.29 is 0 Å². The zero-order chi connectivity index (χ0) is 11.1. The second-order valence-electron chi connectivity index (χ2n) is 5.17. The van der Waals surface area contributed by atoms with Crippen molar-refractivity contribution in [3.63, 3.8) is 0 Å². The lowest BCUT2D eigenvalue weighted by atomic mass is 10.00. The highest BCUT2D eigenvalue weighted by molar-refractivity contribution is 7.80. The van der Waals surface area contributed by atoms with Crippen molar-refractivity contribution in [3.8, 4) is 0 Å². The third kappa shape index (κ3) is 1.92. The highest BCUT2D eigenvalue weighted by atomic mass is 32.1. The van der Waals surface area contributed by atoms with Crippen molar-refractivity contribution >= 4 is 17.3 Å². The average Bonchev–Trinajstić information content (AvgIpc) is 2.24. The third-order valence-corrected chi connectivity index (χ3v) is 2.77. The zero-order valence-corrected chi connectivity index (χ0v) is 10.5. The van der Waals surface area contributed by atoms with Crippen LogP contribution < -0.4 is 5.32 Å². The summed E-state index contributed by atoms with van der Waals surface area (Å²) in [6, 6.07) is 0.293. The molecule has 1 aliphatic heterocycles. The monoisotopic (exact) mass is 212 g/mol. The van der Waals surface area contributed by atoms with Crippen molar-refractivity contribution in [2.45, 2.75) is 46.2 Å². The van der Waals surface area contributed by atoms with E-state index in [1.807, 2.05) is 0 Å². The molecule has 0 aromatic heterocycles. The van der Waals surface area contributed by atoms with Crippen LogP contribution in [0.4, 0.5) is 0 Å². The number of hydrogen-bond donors (Lipinski definition) is 1. The van der Waals surface area contributed by atoms with E-state index < -0.39 is 0 Å². The Morgan fingerprint density at radius 2 is 1.93 bits per heavy atom. The molecule has 0 bridgehead atoms. The molecule has 80 valence electrons. The van der Waals surface area contributed by atoms with Crippen LogP contribution in [0, 0.1) is 5.92 Å². The number of nitrogens with one attached hydrogen (secondary N) is 1. The summed E-state index contributed by atoms with van der Waals surface area (Å²) >= 11 is 5.32. The molecule has 3 heteroatoms. The Kier molecular flexibility index (Phi) is 2.91. The molecule has 1 unspecified atom stereocenters. The Hall–Kier alpha value is -0.570. The van der Waals surface area contributed by atoms with E-state index in [9.17, 15) is 0 Å². The van der Waals surface area contributed by atoms with Gasteiger partial charge in [-0.2, -0.15) is 0 Å². The van der Waals surface area contributed by atoms with E-state index in [0.717, 1.165) is 10.8 Å². The molecule has 1 saturated heterocycles. The van der Waals surface area contributed by atoms with Crippen molar-refractivity contribution in [2.75, 3.05) is 0 Å². The SMILES string of the molecule is C=C1C(C(C)C)NC(=S)N1C(C)(C)C. The molecule has 1 atom stereocenters. The maximum absolute atomic E-state index is 5.32. The van der Waals surface area contributed by atoms with Gasteiger partial charge in [-0.3, -0.25) is 0 Å². The molecule has 0 aromatic rings. The first-order valence-electron chi connectivity index (χ1n) is 5.04. The fourth-order valence-corrected chi connectivity index (χ4v) is 2.36. The molecule has 0 aliphatic carbocycles. The summed E-state index contributed by atoms with van der Waals surface area (Å²) in [7, 11) is 0. The second kappa shape index (κ2) is 3.54. The minimum atomic E-state index is 0.0187. The lowest BCUT2D eigenvalue weighted by Crippen LogP contribution is -2.42. The largest absolute Gasteiger partial charge is 0.354 e. The first-order valence-corrected chi connectivity index (χ1v) is 5.45. The van der Waals surface area contributed by atoms with E-state index in [4.69, 9.17) is 12.2 Å². The van der Waals surface area contributed by atoms with Gasteiger partial charge >= 0.3 is 0 Å². The Morgan fingerprint density at radius 1 is 1.43 bits per heavy atom. The van der Waals surface area contributed by atoms with Crippen molar-refractivity contribution in [3.05, 3.63) is 12.3 Å². The van der Waals surface area contributed by atoms with Gasteiger partial charge in [-0.15, -0.1) is 0 Å². The van der Waals surface area contributed by atoms with Gasteiger partial charge < -0.3 is 10.2 Å². The summed E-state index contributed by atoms with van der Waals surface area (Å²) in [5.74, 6) is 0.521. The predicted molar refractivity (Wildman–Crippen MR) is 65.1 cm³/mol. The maximum atomic E-state index is 5.32. The molecule has 0 spiro atoms. The fraction of sp³-hybridized carbons (Fsp3) is 0.727. The molecule has 1 aliphatic rings. The van der Waals surface area contributed by atoms with Gasteiger partial charge in [0.25, 0.3) is 0 Å². The first-order chi connectivity index (χ1) is 6.25. The van der Waals surface area contributed by atoms with Crippen molar-refractivity contribution in [2.24, 2.45) is 5.92 Å². The summed E-state index contributed by atoms with van der Waals surface area (Å²) in [5, 5.41) is 4.12. The molecule has 1 N–H and O–H groups in total. The van der Waals surface area contributed by atoms with E-state index in [0.29, 0.717) is 12.0 Å². The molecular formula is C11H20N2S. The smallest absolute Gasteiger partial charge is 0.174 e. The van der Waals surface area contributed by atoms with Gasteiger partial charge in [0.05, 0.1) is 6.04 Å². The molecule has 0 saturated carbocycles. The van der Waals surface area contributed by atoms with Crippen LogP contribution in [0.15, 0.2) is 12.3 Å². The van der Waals surface area contributed by atoms with E-state index in [1.165, 1.54) is 0 Å². The van der Waals surface area contributed by atoms with Gasteiger partial charge in [-0.25, -0.2) is 0 Å². The van der Waals surface area contributed by atoms with E-state index in [-0.39, 0.29) is 5.54 Å². The van der Waals surface area contributed by atoms with Gasteiger partial charge in [0.2, 0.25) is 0 Å². The quantitative estimate of drug-likeness (QED) is 0.672. The molecule has 1 fully saturated rings. The molecule has 0 amide bonds. The summed E-state index contributed by atoms with van der Waals surface area (Å²) in [6.45, 7) is 14.9. The average molecular weight is 212 g/mol. The number of nitrogens with zero attached hydrogens (tertiary/aromatic N) is 1. The van der Waals surface area contributed by atoms with E-state index in [1.54, 1.807) is 0 Å². The maximum Gasteiger partial charge on any atom is 0.174 e. The van der Waals surface area contributed by atoms with Gasteiger partial charge in [0, 0.05) is 11.2 Å². The van der Waals surface area contributed by atoms with Crippen LogP contribution in [0.25, 0.3) is 0 Å². The third-order valence-electron chi connectivity index (χ3n) is 2.47. The van der Waals surface area contributed by atoms with Crippen LogP contribution >= 0.6 is 12.2 Å². The molecule has 0 aromatic carbocycles. The summed E-state index contributed by atoms with van der Waals surface area (Å²) in [5.41, 5.74) is 1.11. The minimum Gasteiger partial charge on any atom is -0.354 e. The van der Waals surface area contributed by atoms with Crippen LogP contribution in [0.5, 0.6) is 0 Å². The standard InChI is InChI=1S/C11H20N2S/c1-7(2)9-8(3)13(10(14)12-9)11(4,5)6/h7,9H,3H2,1-2,4-6H3,(H,12,14). The van der Waals surface area contributed by atoms with Crippen LogP contribution in [0.2, 0.25) is 0 Å². The summed E-state index contributed by atoms with van der Waals surface area (Å²) in [4.78, 5) is 2.12. The van der Waals surface area contributed by atoms with Crippen LogP contribution in [0.1, 0.15) is 34.6 Å². The molecule has 14 heavy (non-hydrogen) atoms. The van der Waals surface area contributed by atoms with Crippen molar-refractivity contribution in [1.29, 1.82) is 0 Å². The highest BCUT2D eigenvalue weighted by Crippen LogP contribution is 2.29. The van der Waals surface area contributed by atoms with Crippen molar-refractivity contribution in [1.82, 2.24) is 10.2 Å². The lowest BCUT2D eigenvalue weighted by molar-refractivity contribution is 0.293. The van der Waals surface area contributed by atoms with E-state index >= 15 is 0 Å². The second-order valence-corrected chi connectivity index (χ2v) is 5.56.